The molecule has 0 spiro atoms. The molecule has 3 N–H and O–H groups in total. The molecule has 1 saturated carbocycles. The number of carbonyl (C=O) groups excluding carboxylic acids is 2. The van der Waals surface area contributed by atoms with E-state index in [0.717, 1.165) is 30.6 Å². The van der Waals surface area contributed by atoms with E-state index in [4.69, 9.17) is 10.5 Å². The highest BCUT2D eigenvalue weighted by atomic mass is 16.5. The summed E-state index contributed by atoms with van der Waals surface area (Å²) in [6.07, 6.45) is 2.83. The molecule has 7 nitrogen and oxygen atoms in total. The number of para-hydroxylation sites is 1. The van der Waals surface area contributed by atoms with Crippen LogP contribution in [-0.2, 0) is 9.59 Å². The van der Waals surface area contributed by atoms with E-state index in [1.165, 1.54) is 0 Å². The number of nitrogens with zero attached hydrogens (tertiary/aromatic N) is 2. The molecule has 0 bridgehead atoms. The van der Waals surface area contributed by atoms with E-state index in [1.54, 1.807) is 4.90 Å². The number of fused-ring (bicyclic) bond motifs is 1. The van der Waals surface area contributed by atoms with Gasteiger partial charge in [-0.05, 0) is 38.2 Å². The number of hydrogen-bond acceptors (Lipinski definition) is 5. The quantitative estimate of drug-likeness (QED) is 0.777. The summed E-state index contributed by atoms with van der Waals surface area (Å²) >= 11 is 0. The first-order valence-electron chi connectivity index (χ1n) is 10.8. The van der Waals surface area contributed by atoms with E-state index in [9.17, 15) is 9.59 Å². The van der Waals surface area contributed by atoms with Crippen LogP contribution < -0.4 is 15.8 Å². The van der Waals surface area contributed by atoms with Gasteiger partial charge in [-0.15, -0.1) is 0 Å². The summed E-state index contributed by atoms with van der Waals surface area (Å²) in [6.45, 7) is 8.37. The summed E-state index contributed by atoms with van der Waals surface area (Å²) in [7, 11) is 0. The fourth-order valence-electron chi connectivity index (χ4n) is 4.68. The Morgan fingerprint density at radius 1 is 1.33 bits per heavy atom. The van der Waals surface area contributed by atoms with Crippen LogP contribution in [0.4, 0.5) is 0 Å². The van der Waals surface area contributed by atoms with Crippen LogP contribution in [-0.4, -0.2) is 40.9 Å². The SMILES string of the molecule is CCC1C[C@H](NC(=O)C2C[C@]2(C)CN2C(=O)CC(C)(C)N=C2N)c2ccccc2O1. The normalized spacial score (nSPS) is 32.0. The molecule has 0 aromatic heterocycles. The van der Waals surface area contributed by atoms with E-state index >= 15 is 0 Å². The zero-order valence-corrected chi connectivity index (χ0v) is 18.3. The highest BCUT2D eigenvalue weighted by molar-refractivity contribution is 5.99. The third-order valence-electron chi connectivity index (χ3n) is 6.62. The Labute approximate surface area is 178 Å². The highest BCUT2D eigenvalue weighted by Gasteiger charge is 2.56. The molecule has 4 atom stereocenters. The number of nitrogens with one attached hydrogen (secondary N) is 1. The summed E-state index contributed by atoms with van der Waals surface area (Å²) in [5.41, 5.74) is 6.36. The molecule has 7 heteroatoms. The number of rotatable bonds is 5. The molecule has 30 heavy (non-hydrogen) atoms. The molecule has 2 unspecified atom stereocenters. The maximum Gasteiger partial charge on any atom is 0.231 e. The van der Waals surface area contributed by atoms with Gasteiger partial charge in [0, 0.05) is 24.4 Å². The smallest absolute Gasteiger partial charge is 0.231 e. The molecule has 162 valence electrons. The Morgan fingerprint density at radius 3 is 2.77 bits per heavy atom. The van der Waals surface area contributed by atoms with Crippen molar-refractivity contribution in [3.8, 4) is 5.75 Å². The minimum Gasteiger partial charge on any atom is -0.490 e. The Morgan fingerprint density at radius 2 is 2.07 bits per heavy atom. The van der Waals surface area contributed by atoms with Crippen molar-refractivity contribution in [3.05, 3.63) is 29.8 Å². The van der Waals surface area contributed by atoms with Crippen molar-refractivity contribution in [1.29, 1.82) is 0 Å². The Balaban J connectivity index is 1.43. The van der Waals surface area contributed by atoms with Crippen LogP contribution in [0.15, 0.2) is 29.3 Å². The zero-order chi connectivity index (χ0) is 21.7. The molecular weight excluding hydrogens is 380 g/mol. The maximum atomic E-state index is 13.1. The monoisotopic (exact) mass is 412 g/mol. The number of amides is 2. The van der Waals surface area contributed by atoms with Crippen LogP contribution in [0.25, 0.3) is 0 Å². The van der Waals surface area contributed by atoms with Gasteiger partial charge in [0.25, 0.3) is 0 Å². The van der Waals surface area contributed by atoms with Gasteiger partial charge in [0.1, 0.15) is 11.9 Å². The van der Waals surface area contributed by atoms with Crippen molar-refractivity contribution < 1.29 is 14.3 Å². The van der Waals surface area contributed by atoms with Crippen LogP contribution in [0.2, 0.25) is 0 Å². The number of benzene rings is 1. The second kappa shape index (κ2) is 7.29. The van der Waals surface area contributed by atoms with E-state index in [-0.39, 0.29) is 41.3 Å². The Kier molecular flexibility index (Phi) is 5.03. The summed E-state index contributed by atoms with van der Waals surface area (Å²) in [5, 5.41) is 3.25. The van der Waals surface area contributed by atoms with Gasteiger partial charge in [0.2, 0.25) is 11.8 Å². The molecule has 1 aromatic carbocycles. The van der Waals surface area contributed by atoms with Crippen LogP contribution in [0.1, 0.15) is 65.0 Å². The lowest BCUT2D eigenvalue weighted by atomic mass is 9.94. The number of carbonyl (C=O) groups is 2. The lowest BCUT2D eigenvalue weighted by Crippen LogP contribution is -2.52. The topological polar surface area (TPSA) is 97.0 Å². The van der Waals surface area contributed by atoms with Crippen molar-refractivity contribution in [3.63, 3.8) is 0 Å². The molecule has 2 aliphatic heterocycles. The van der Waals surface area contributed by atoms with E-state index < -0.39 is 5.54 Å². The van der Waals surface area contributed by atoms with Crippen LogP contribution >= 0.6 is 0 Å². The lowest BCUT2D eigenvalue weighted by Gasteiger charge is -2.34. The summed E-state index contributed by atoms with van der Waals surface area (Å²) in [6, 6.07) is 7.85. The Hall–Kier alpha value is -2.57. The van der Waals surface area contributed by atoms with Gasteiger partial charge in [0.15, 0.2) is 5.96 Å². The van der Waals surface area contributed by atoms with Crippen molar-refractivity contribution in [2.24, 2.45) is 22.1 Å². The van der Waals surface area contributed by atoms with Crippen molar-refractivity contribution in [2.45, 2.75) is 71.1 Å². The summed E-state index contributed by atoms with van der Waals surface area (Å²) in [5.74, 6) is 0.985. The van der Waals surface area contributed by atoms with Crippen LogP contribution in [0, 0.1) is 11.3 Å². The lowest BCUT2D eigenvalue weighted by molar-refractivity contribution is -0.130. The average Bonchev–Trinajstić information content (AvgIpc) is 3.35. The minimum absolute atomic E-state index is 0.0241. The van der Waals surface area contributed by atoms with Gasteiger partial charge >= 0.3 is 0 Å². The third kappa shape index (κ3) is 3.89. The first-order valence-corrected chi connectivity index (χ1v) is 10.8. The maximum absolute atomic E-state index is 13.1. The second-order valence-electron chi connectivity index (χ2n) is 9.83. The molecule has 1 aliphatic carbocycles. The average molecular weight is 413 g/mol. The number of ether oxygens (including phenoxy) is 1. The van der Waals surface area contributed by atoms with Crippen molar-refractivity contribution in [1.82, 2.24) is 10.2 Å². The minimum atomic E-state index is -0.467. The molecule has 2 amide bonds. The summed E-state index contributed by atoms with van der Waals surface area (Å²) in [4.78, 5) is 31.7. The van der Waals surface area contributed by atoms with Gasteiger partial charge in [-0.2, -0.15) is 0 Å². The van der Waals surface area contributed by atoms with Crippen molar-refractivity contribution in [2.75, 3.05) is 6.54 Å². The Bertz CT molecular complexity index is 896. The molecule has 1 aromatic rings. The molecule has 0 radical (unpaired) electrons. The predicted molar refractivity (Wildman–Crippen MR) is 115 cm³/mol. The van der Waals surface area contributed by atoms with E-state index in [1.807, 2.05) is 45.0 Å². The van der Waals surface area contributed by atoms with E-state index in [0.29, 0.717) is 13.0 Å². The first kappa shape index (κ1) is 20.7. The van der Waals surface area contributed by atoms with Gasteiger partial charge in [-0.1, -0.05) is 32.0 Å². The molecule has 0 saturated heterocycles. The van der Waals surface area contributed by atoms with Gasteiger partial charge < -0.3 is 15.8 Å². The molecule has 4 rings (SSSR count). The third-order valence-corrected chi connectivity index (χ3v) is 6.62. The van der Waals surface area contributed by atoms with Crippen LogP contribution in [0.5, 0.6) is 5.75 Å². The fraction of sp³-hybridized carbons (Fsp3) is 0.609. The first-order chi connectivity index (χ1) is 14.1. The zero-order valence-electron chi connectivity index (χ0n) is 18.3. The van der Waals surface area contributed by atoms with Gasteiger partial charge in [-0.25, -0.2) is 4.99 Å². The predicted octanol–water partition coefficient (Wildman–Crippen LogP) is 2.76. The molecular formula is C23H32N4O3. The number of nitrogens with two attached hydrogens (primary N) is 1. The summed E-state index contributed by atoms with van der Waals surface area (Å²) < 4.78 is 6.03. The highest BCUT2D eigenvalue weighted by Crippen LogP contribution is 2.53. The number of guanidine groups is 1. The number of hydrogen-bond donors (Lipinski definition) is 2. The standard InChI is InChI=1S/C23H32N4O3/c1-5-14-10-17(15-8-6-7-9-18(15)30-14)25-20(29)16-11-23(16,4)13-27-19(28)12-22(2,3)26-21(27)24/h6-9,14,16-17H,5,10-13H2,1-4H3,(H2,24,26)(H,25,29)/t14?,16?,17-,23+/m0/s1. The molecule has 3 aliphatic rings. The van der Waals surface area contributed by atoms with Crippen molar-refractivity contribution >= 4 is 17.8 Å². The fourth-order valence-corrected chi connectivity index (χ4v) is 4.68. The van der Waals surface area contributed by atoms with Crippen LogP contribution in [0.3, 0.4) is 0 Å². The van der Waals surface area contributed by atoms with E-state index in [2.05, 4.69) is 17.2 Å². The molecule has 1 fully saturated rings. The number of aliphatic imine (C=N–C) groups is 1. The van der Waals surface area contributed by atoms with Gasteiger partial charge in [0.05, 0.1) is 18.0 Å². The van der Waals surface area contributed by atoms with Gasteiger partial charge in [-0.3, -0.25) is 14.5 Å². The molecule has 2 heterocycles. The largest absolute Gasteiger partial charge is 0.490 e. The second-order valence-corrected chi connectivity index (χ2v) is 9.83.